The molecule has 258 valence electrons. The molecule has 0 radical (unpaired) electrons. The normalized spacial score (nSPS) is 15.7. The number of unbranched alkanes of at least 4 members (excludes halogenated alkanes) is 10. The molecule has 4 aromatic carbocycles. The van der Waals surface area contributed by atoms with Gasteiger partial charge < -0.3 is 19.7 Å². The van der Waals surface area contributed by atoms with Crippen molar-refractivity contribution in [1.29, 1.82) is 0 Å². The van der Waals surface area contributed by atoms with E-state index in [0.717, 1.165) is 58.2 Å². The fourth-order valence-corrected chi connectivity index (χ4v) is 7.55. The molecule has 4 aromatic rings. The Hall–Kier alpha value is -4.25. The molecule has 5 nitrogen and oxygen atoms in total. The number of anilines is 3. The van der Waals surface area contributed by atoms with Crippen LogP contribution in [0.15, 0.2) is 78.9 Å². The first kappa shape index (κ1) is 34.6. The van der Waals surface area contributed by atoms with Gasteiger partial charge in [0.05, 0.1) is 5.56 Å². The van der Waals surface area contributed by atoms with Crippen molar-refractivity contribution in [3.05, 3.63) is 112 Å². The second-order valence-electron chi connectivity index (χ2n) is 14.1. The van der Waals surface area contributed by atoms with E-state index in [0.29, 0.717) is 5.56 Å². The minimum absolute atomic E-state index is 0.306. The number of benzene rings is 4. The highest BCUT2D eigenvalue weighted by molar-refractivity contribution is 5.97. The Morgan fingerprint density at radius 3 is 2.04 bits per heavy atom. The molecular formula is C44H54N2O3. The summed E-state index contributed by atoms with van der Waals surface area (Å²) in [4.78, 5) is 16.1. The highest BCUT2D eigenvalue weighted by atomic mass is 16.6. The Morgan fingerprint density at radius 1 is 0.653 bits per heavy atom. The van der Waals surface area contributed by atoms with Gasteiger partial charge in [-0.2, -0.15) is 0 Å². The Balaban J connectivity index is 1.36. The van der Waals surface area contributed by atoms with Crippen LogP contribution in [0, 0.1) is 13.8 Å². The number of hydrogen-bond donors (Lipinski definition) is 1. The first-order valence-corrected chi connectivity index (χ1v) is 18.8. The number of nitrogens with zero attached hydrogens (tertiary/aromatic N) is 1. The van der Waals surface area contributed by atoms with Gasteiger partial charge in [-0.1, -0.05) is 108 Å². The number of carbonyl (C=O) groups excluding carboxylic acids is 1. The van der Waals surface area contributed by atoms with Gasteiger partial charge >= 0.3 is 5.97 Å². The quantitative estimate of drug-likeness (QED) is 0.0904. The summed E-state index contributed by atoms with van der Waals surface area (Å²) in [6.45, 7) is 10.8. The van der Waals surface area contributed by atoms with Gasteiger partial charge in [0.1, 0.15) is 11.5 Å². The molecule has 0 saturated heterocycles. The highest BCUT2D eigenvalue weighted by Crippen LogP contribution is 2.57. The van der Waals surface area contributed by atoms with Crippen molar-refractivity contribution in [2.24, 2.45) is 0 Å². The summed E-state index contributed by atoms with van der Waals surface area (Å²) in [7, 11) is 0. The van der Waals surface area contributed by atoms with E-state index in [1.807, 2.05) is 24.3 Å². The van der Waals surface area contributed by atoms with E-state index < -0.39 is 5.60 Å². The number of aryl methyl sites for hydroxylation is 2. The molecule has 1 N–H and O–H groups in total. The lowest BCUT2D eigenvalue weighted by atomic mass is 9.77. The van der Waals surface area contributed by atoms with Crippen LogP contribution in [0.3, 0.4) is 0 Å². The number of nitrogens with one attached hydrogen (secondary N) is 1. The van der Waals surface area contributed by atoms with Crippen LogP contribution >= 0.6 is 0 Å². The Labute approximate surface area is 294 Å². The number of esters is 1. The molecule has 2 heterocycles. The van der Waals surface area contributed by atoms with Gasteiger partial charge in [0.2, 0.25) is 0 Å². The predicted molar refractivity (Wildman–Crippen MR) is 203 cm³/mol. The molecule has 5 heteroatoms. The molecule has 1 unspecified atom stereocenters. The van der Waals surface area contributed by atoms with Gasteiger partial charge in [-0.25, -0.2) is 4.79 Å². The third kappa shape index (κ3) is 7.51. The van der Waals surface area contributed by atoms with Crippen LogP contribution in [0.25, 0.3) is 0 Å². The van der Waals surface area contributed by atoms with Gasteiger partial charge in [-0.15, -0.1) is 0 Å². The SMILES string of the molecule is CCCCCCCCN(CCCCCCCC)c1ccc2c(c1)Oc1cc(C)c(Nc3cccc(C)c3)cc1C21OC(=O)c2ccccc21. The average molecular weight is 659 g/mol. The summed E-state index contributed by atoms with van der Waals surface area (Å²) < 4.78 is 13.3. The molecule has 0 fully saturated rings. The van der Waals surface area contributed by atoms with Crippen LogP contribution in [0.5, 0.6) is 11.5 Å². The number of carbonyl (C=O) groups is 1. The fourth-order valence-electron chi connectivity index (χ4n) is 7.55. The van der Waals surface area contributed by atoms with Gasteiger partial charge in [0, 0.05) is 52.9 Å². The lowest BCUT2D eigenvalue weighted by Crippen LogP contribution is -2.33. The van der Waals surface area contributed by atoms with Gasteiger partial charge in [-0.3, -0.25) is 0 Å². The number of ether oxygens (including phenoxy) is 2. The number of fused-ring (bicyclic) bond motifs is 6. The van der Waals surface area contributed by atoms with E-state index in [1.165, 1.54) is 88.3 Å². The van der Waals surface area contributed by atoms with Gasteiger partial charge in [0.25, 0.3) is 0 Å². The second kappa shape index (κ2) is 16.0. The maximum atomic E-state index is 13.6. The minimum atomic E-state index is -1.10. The van der Waals surface area contributed by atoms with Crippen LogP contribution in [-0.4, -0.2) is 19.1 Å². The Kier molecular flexibility index (Phi) is 11.3. The summed E-state index contributed by atoms with van der Waals surface area (Å²) >= 11 is 0. The lowest BCUT2D eigenvalue weighted by Gasteiger charge is -2.38. The molecule has 6 rings (SSSR count). The van der Waals surface area contributed by atoms with Crippen molar-refractivity contribution >= 4 is 23.0 Å². The summed E-state index contributed by atoms with van der Waals surface area (Å²) in [5, 5.41) is 3.62. The van der Waals surface area contributed by atoms with Crippen molar-refractivity contribution in [2.75, 3.05) is 23.3 Å². The summed E-state index contributed by atoms with van der Waals surface area (Å²) in [6.07, 6.45) is 15.3. The summed E-state index contributed by atoms with van der Waals surface area (Å²) in [5.41, 5.74) is 7.45. The zero-order valence-electron chi connectivity index (χ0n) is 30.1. The zero-order valence-corrected chi connectivity index (χ0v) is 30.1. The van der Waals surface area contributed by atoms with E-state index in [9.17, 15) is 4.79 Å². The molecular weight excluding hydrogens is 604 g/mol. The average Bonchev–Trinajstić information content (AvgIpc) is 3.39. The number of rotatable bonds is 17. The molecule has 1 atom stereocenters. The van der Waals surface area contributed by atoms with Crippen LogP contribution in [0.4, 0.5) is 17.1 Å². The smallest absolute Gasteiger partial charge is 0.340 e. The molecule has 0 saturated carbocycles. The topological polar surface area (TPSA) is 50.8 Å². The van der Waals surface area contributed by atoms with Crippen molar-refractivity contribution in [3.63, 3.8) is 0 Å². The fraction of sp³-hybridized carbons (Fsp3) is 0.432. The van der Waals surface area contributed by atoms with E-state index in [1.54, 1.807) is 0 Å². The largest absolute Gasteiger partial charge is 0.456 e. The van der Waals surface area contributed by atoms with Crippen LogP contribution in [0.1, 0.15) is 129 Å². The third-order valence-corrected chi connectivity index (χ3v) is 10.3. The minimum Gasteiger partial charge on any atom is -0.456 e. The lowest BCUT2D eigenvalue weighted by molar-refractivity contribution is 0.0224. The van der Waals surface area contributed by atoms with Crippen LogP contribution in [-0.2, 0) is 10.3 Å². The van der Waals surface area contributed by atoms with Crippen molar-refractivity contribution in [2.45, 2.75) is 110 Å². The standard InChI is InChI=1S/C44H54N2O3/c1-5-7-9-11-13-17-26-46(27-18-14-12-10-8-6-2)35-24-25-38-42(30-35)48-41-29-33(4)40(45-34-21-19-20-32(3)28-34)31-39(41)44(38)37-23-16-15-22-36(37)43(47)49-44/h15-16,19-25,28-31,45H,5-14,17-18,26-27H2,1-4H3. The third-order valence-electron chi connectivity index (χ3n) is 10.3. The summed E-state index contributed by atoms with van der Waals surface area (Å²) in [6, 6.07) is 26.9. The van der Waals surface area contributed by atoms with E-state index in [4.69, 9.17) is 9.47 Å². The Bertz CT molecular complexity index is 1730. The molecule has 0 bridgehead atoms. The first-order valence-electron chi connectivity index (χ1n) is 18.8. The van der Waals surface area contributed by atoms with Crippen molar-refractivity contribution < 1.29 is 14.3 Å². The van der Waals surface area contributed by atoms with Crippen LogP contribution in [0.2, 0.25) is 0 Å². The van der Waals surface area contributed by atoms with Crippen molar-refractivity contribution in [1.82, 2.24) is 0 Å². The van der Waals surface area contributed by atoms with E-state index in [2.05, 4.69) is 92.5 Å². The van der Waals surface area contributed by atoms with Crippen LogP contribution < -0.4 is 15.0 Å². The number of hydrogen-bond acceptors (Lipinski definition) is 5. The molecule has 1 spiro atoms. The summed E-state index contributed by atoms with van der Waals surface area (Å²) in [5.74, 6) is 1.17. The van der Waals surface area contributed by atoms with Gasteiger partial charge in [0.15, 0.2) is 5.60 Å². The molecule has 2 aliphatic heterocycles. The molecule has 2 aliphatic rings. The van der Waals surface area contributed by atoms with E-state index in [-0.39, 0.29) is 5.97 Å². The monoisotopic (exact) mass is 658 g/mol. The van der Waals surface area contributed by atoms with E-state index >= 15 is 0 Å². The maximum Gasteiger partial charge on any atom is 0.340 e. The maximum absolute atomic E-state index is 13.6. The molecule has 0 aliphatic carbocycles. The van der Waals surface area contributed by atoms with Crippen molar-refractivity contribution in [3.8, 4) is 11.5 Å². The highest BCUT2D eigenvalue weighted by Gasteiger charge is 2.53. The zero-order chi connectivity index (χ0) is 34.2. The predicted octanol–water partition coefficient (Wildman–Crippen LogP) is 12.1. The second-order valence-corrected chi connectivity index (χ2v) is 14.1. The van der Waals surface area contributed by atoms with Gasteiger partial charge in [-0.05, 0) is 80.3 Å². The molecule has 0 aromatic heterocycles. The first-order chi connectivity index (χ1) is 23.9. The molecule has 49 heavy (non-hydrogen) atoms. The Morgan fingerprint density at radius 2 is 1.33 bits per heavy atom. The molecule has 0 amide bonds.